The average Bonchev–Trinajstić information content (AvgIpc) is 2.56. The highest BCUT2D eigenvalue weighted by atomic mass is 16.1. The van der Waals surface area contributed by atoms with Gasteiger partial charge in [0.15, 0.2) is 5.78 Å². The first-order valence-electron chi connectivity index (χ1n) is 8.61. The van der Waals surface area contributed by atoms with Crippen LogP contribution in [0.1, 0.15) is 42.0 Å². The number of aryl methyl sites for hydroxylation is 2. The van der Waals surface area contributed by atoms with Gasteiger partial charge in [0.2, 0.25) is 0 Å². The Morgan fingerprint density at radius 3 is 1.62 bits per heavy atom. The number of ketones is 1. The SMILES string of the molecule is Cc1ccccc1/C=C1\CC(C)C/C(=C\c2ccccc2C)C1=O. The van der Waals surface area contributed by atoms with E-state index in [4.69, 9.17) is 0 Å². The summed E-state index contributed by atoms with van der Waals surface area (Å²) in [5, 5.41) is 0. The Kier molecular flexibility index (Phi) is 4.80. The molecule has 2 aromatic rings. The first kappa shape index (κ1) is 16.4. The van der Waals surface area contributed by atoms with Crippen LogP contribution in [0, 0.1) is 19.8 Å². The molecule has 0 radical (unpaired) electrons. The highest BCUT2D eigenvalue weighted by molar-refractivity contribution is 6.14. The van der Waals surface area contributed by atoms with E-state index < -0.39 is 0 Å². The second-order valence-corrected chi connectivity index (χ2v) is 6.89. The fourth-order valence-electron chi connectivity index (χ4n) is 3.34. The lowest BCUT2D eigenvalue weighted by molar-refractivity contribution is -0.113. The molecule has 1 nitrogen and oxygen atoms in total. The Balaban J connectivity index is 1.98. The predicted octanol–water partition coefficient (Wildman–Crippen LogP) is 5.77. The second-order valence-electron chi connectivity index (χ2n) is 6.89. The van der Waals surface area contributed by atoms with Crippen LogP contribution >= 0.6 is 0 Å². The Morgan fingerprint density at radius 2 is 1.21 bits per heavy atom. The van der Waals surface area contributed by atoms with Crippen molar-refractivity contribution in [2.24, 2.45) is 5.92 Å². The largest absolute Gasteiger partial charge is 0.289 e. The lowest BCUT2D eigenvalue weighted by Gasteiger charge is -2.23. The van der Waals surface area contributed by atoms with Crippen LogP contribution in [0.3, 0.4) is 0 Å². The van der Waals surface area contributed by atoms with Crippen molar-refractivity contribution < 1.29 is 4.79 Å². The average molecular weight is 316 g/mol. The molecule has 0 aliphatic heterocycles. The second kappa shape index (κ2) is 7.00. The van der Waals surface area contributed by atoms with Crippen LogP contribution in [0.25, 0.3) is 12.2 Å². The predicted molar refractivity (Wildman–Crippen MR) is 102 cm³/mol. The van der Waals surface area contributed by atoms with E-state index in [1.807, 2.05) is 24.3 Å². The molecule has 1 saturated carbocycles. The normalized spacial score (nSPS) is 21.5. The summed E-state index contributed by atoms with van der Waals surface area (Å²) >= 11 is 0. The molecule has 122 valence electrons. The quantitative estimate of drug-likeness (QED) is 0.643. The van der Waals surface area contributed by atoms with Gasteiger partial charge >= 0.3 is 0 Å². The Labute approximate surface area is 144 Å². The smallest absolute Gasteiger partial charge is 0.185 e. The first-order valence-corrected chi connectivity index (χ1v) is 8.61. The number of carbonyl (C=O) groups excluding carboxylic acids is 1. The van der Waals surface area contributed by atoms with Crippen LogP contribution in [0.2, 0.25) is 0 Å². The number of Topliss-reactive ketones (excluding diaryl/α,β-unsaturated/α-hetero) is 1. The monoisotopic (exact) mass is 316 g/mol. The summed E-state index contributed by atoms with van der Waals surface area (Å²) in [5.41, 5.74) is 6.57. The first-order chi connectivity index (χ1) is 11.5. The van der Waals surface area contributed by atoms with Crippen molar-refractivity contribution in [3.05, 3.63) is 81.9 Å². The highest BCUT2D eigenvalue weighted by Crippen LogP contribution is 2.32. The zero-order chi connectivity index (χ0) is 17.1. The maximum atomic E-state index is 13.0. The lowest BCUT2D eigenvalue weighted by Crippen LogP contribution is -2.18. The third kappa shape index (κ3) is 3.56. The molecule has 0 saturated heterocycles. The van der Waals surface area contributed by atoms with E-state index in [2.05, 4.69) is 57.2 Å². The van der Waals surface area contributed by atoms with Gasteiger partial charge in [0.05, 0.1) is 0 Å². The molecule has 0 bridgehead atoms. The number of rotatable bonds is 2. The van der Waals surface area contributed by atoms with Gasteiger partial charge in [0.1, 0.15) is 0 Å². The van der Waals surface area contributed by atoms with E-state index in [-0.39, 0.29) is 5.78 Å². The Morgan fingerprint density at radius 1 is 0.792 bits per heavy atom. The van der Waals surface area contributed by atoms with Crippen molar-refractivity contribution in [2.45, 2.75) is 33.6 Å². The van der Waals surface area contributed by atoms with E-state index in [1.54, 1.807) is 0 Å². The van der Waals surface area contributed by atoms with Crippen molar-refractivity contribution in [1.82, 2.24) is 0 Å². The Hall–Kier alpha value is -2.41. The van der Waals surface area contributed by atoms with E-state index in [1.165, 1.54) is 11.1 Å². The van der Waals surface area contributed by atoms with Gasteiger partial charge in [-0.2, -0.15) is 0 Å². The van der Waals surface area contributed by atoms with Crippen LogP contribution < -0.4 is 0 Å². The lowest BCUT2D eigenvalue weighted by atomic mass is 9.80. The summed E-state index contributed by atoms with van der Waals surface area (Å²) in [6.45, 7) is 6.41. The van der Waals surface area contributed by atoms with Crippen molar-refractivity contribution in [3.63, 3.8) is 0 Å². The fourth-order valence-corrected chi connectivity index (χ4v) is 3.34. The number of hydrogen-bond donors (Lipinski definition) is 0. The zero-order valence-corrected chi connectivity index (χ0v) is 14.7. The summed E-state index contributed by atoms with van der Waals surface area (Å²) in [6.07, 6.45) is 5.88. The summed E-state index contributed by atoms with van der Waals surface area (Å²) in [5.74, 6) is 0.702. The standard InChI is InChI=1S/C23H24O/c1-16-12-21(14-19-10-6-4-8-17(19)2)23(24)22(13-16)15-20-11-7-5-9-18(20)3/h4-11,14-16H,12-13H2,1-3H3/b21-14+,22-15+. The van der Waals surface area contributed by atoms with Crippen molar-refractivity contribution in [1.29, 1.82) is 0 Å². The molecule has 0 spiro atoms. The molecule has 0 atom stereocenters. The molecule has 0 unspecified atom stereocenters. The molecule has 3 rings (SSSR count). The third-order valence-electron chi connectivity index (χ3n) is 4.76. The van der Waals surface area contributed by atoms with Crippen LogP contribution in [0.5, 0.6) is 0 Å². The Bertz CT molecular complexity index is 756. The van der Waals surface area contributed by atoms with Gasteiger partial charge in [-0.3, -0.25) is 4.79 Å². The van der Waals surface area contributed by atoms with Crippen LogP contribution in [0.4, 0.5) is 0 Å². The summed E-state index contributed by atoms with van der Waals surface area (Å²) in [4.78, 5) is 13.0. The molecule has 2 aromatic carbocycles. The summed E-state index contributed by atoms with van der Waals surface area (Å²) in [6, 6.07) is 16.5. The van der Waals surface area contributed by atoms with Gasteiger partial charge in [-0.25, -0.2) is 0 Å². The molecule has 0 amide bonds. The molecular formula is C23H24O. The number of allylic oxidation sites excluding steroid dienone is 2. The maximum absolute atomic E-state index is 13.0. The molecular weight excluding hydrogens is 292 g/mol. The van der Waals surface area contributed by atoms with Crippen molar-refractivity contribution in [3.8, 4) is 0 Å². The van der Waals surface area contributed by atoms with E-state index in [9.17, 15) is 4.79 Å². The van der Waals surface area contributed by atoms with Crippen LogP contribution in [-0.4, -0.2) is 5.78 Å². The summed E-state index contributed by atoms with van der Waals surface area (Å²) in [7, 11) is 0. The minimum atomic E-state index is 0.208. The highest BCUT2D eigenvalue weighted by Gasteiger charge is 2.25. The maximum Gasteiger partial charge on any atom is 0.185 e. The molecule has 1 aliphatic carbocycles. The van der Waals surface area contributed by atoms with Gasteiger partial charge < -0.3 is 0 Å². The van der Waals surface area contributed by atoms with Crippen LogP contribution in [-0.2, 0) is 4.79 Å². The molecule has 1 fully saturated rings. The minimum absolute atomic E-state index is 0.208. The molecule has 0 aromatic heterocycles. The van der Waals surface area contributed by atoms with Gasteiger partial charge in [0, 0.05) is 11.1 Å². The third-order valence-corrected chi connectivity index (χ3v) is 4.76. The molecule has 0 N–H and O–H groups in total. The van der Waals surface area contributed by atoms with Crippen molar-refractivity contribution in [2.75, 3.05) is 0 Å². The van der Waals surface area contributed by atoms with Gasteiger partial charge in [-0.05, 0) is 67.0 Å². The van der Waals surface area contributed by atoms with Gasteiger partial charge in [-0.15, -0.1) is 0 Å². The number of benzene rings is 2. The molecule has 0 heterocycles. The van der Waals surface area contributed by atoms with Gasteiger partial charge in [0.25, 0.3) is 0 Å². The van der Waals surface area contributed by atoms with E-state index in [0.717, 1.165) is 35.1 Å². The zero-order valence-electron chi connectivity index (χ0n) is 14.7. The van der Waals surface area contributed by atoms with Crippen molar-refractivity contribution >= 4 is 17.9 Å². The van der Waals surface area contributed by atoms with Gasteiger partial charge in [-0.1, -0.05) is 55.5 Å². The summed E-state index contributed by atoms with van der Waals surface area (Å²) < 4.78 is 0. The van der Waals surface area contributed by atoms with Crippen LogP contribution in [0.15, 0.2) is 59.7 Å². The minimum Gasteiger partial charge on any atom is -0.289 e. The van der Waals surface area contributed by atoms with E-state index in [0.29, 0.717) is 5.92 Å². The fraction of sp³-hybridized carbons (Fsp3) is 0.261. The number of carbonyl (C=O) groups is 1. The topological polar surface area (TPSA) is 17.1 Å². The molecule has 24 heavy (non-hydrogen) atoms. The molecule has 1 aliphatic rings. The number of hydrogen-bond acceptors (Lipinski definition) is 1. The molecule has 1 heteroatoms. The van der Waals surface area contributed by atoms with E-state index >= 15 is 0 Å².